The van der Waals surface area contributed by atoms with Crippen molar-refractivity contribution in [3.63, 3.8) is 0 Å². The van der Waals surface area contributed by atoms with Crippen LogP contribution in [0.3, 0.4) is 0 Å². The number of aliphatic hydroxyl groups is 1. The first-order valence-corrected chi connectivity index (χ1v) is 14.9. The Balaban J connectivity index is 1.18. The van der Waals surface area contributed by atoms with Crippen molar-refractivity contribution in [2.24, 2.45) is 5.41 Å². The summed E-state index contributed by atoms with van der Waals surface area (Å²) in [4.78, 5) is 31.0. The highest BCUT2D eigenvalue weighted by Crippen LogP contribution is 2.48. The number of halogens is 1. The van der Waals surface area contributed by atoms with E-state index >= 15 is 0 Å². The molecule has 1 aromatic heterocycles. The number of carbonyl (C=O) groups is 2. The fraction of sp³-hybridized carbons (Fsp3) is 0.469. The fourth-order valence-corrected chi connectivity index (χ4v) is 7.13. The van der Waals surface area contributed by atoms with Crippen molar-refractivity contribution in [3.8, 4) is 0 Å². The number of rotatable bonds is 6. The Morgan fingerprint density at radius 3 is 2.52 bits per heavy atom. The number of hydrogen-bond donors (Lipinski definition) is 1. The Labute approximate surface area is 240 Å². The van der Waals surface area contributed by atoms with Crippen molar-refractivity contribution >= 4 is 23.4 Å². The zero-order chi connectivity index (χ0) is 27.7. The van der Waals surface area contributed by atoms with Gasteiger partial charge in [0.25, 0.3) is 5.91 Å². The molecule has 2 saturated heterocycles. The first-order chi connectivity index (χ1) is 19.4. The summed E-state index contributed by atoms with van der Waals surface area (Å²) in [5.74, 6) is 0.540. The Hall–Kier alpha value is -3.16. The van der Waals surface area contributed by atoms with E-state index in [1.54, 1.807) is 4.90 Å². The molecule has 3 aliphatic rings. The quantitative estimate of drug-likeness (QED) is 0.391. The van der Waals surface area contributed by atoms with Gasteiger partial charge >= 0.3 is 0 Å². The van der Waals surface area contributed by atoms with Crippen LogP contribution in [0.1, 0.15) is 90.8 Å². The molecule has 1 N–H and O–H groups in total. The van der Waals surface area contributed by atoms with Gasteiger partial charge in [-0.15, -0.1) is 0 Å². The minimum atomic E-state index is -0.809. The van der Waals surface area contributed by atoms with Crippen molar-refractivity contribution < 1.29 is 19.2 Å². The monoisotopic (exact) mass is 561 g/mol. The van der Waals surface area contributed by atoms with Gasteiger partial charge in [0.15, 0.2) is 0 Å². The number of aliphatic hydroxyl groups excluding tert-OH is 1. The molecule has 3 heterocycles. The van der Waals surface area contributed by atoms with Crippen LogP contribution in [0.25, 0.3) is 0 Å². The van der Waals surface area contributed by atoms with Crippen molar-refractivity contribution in [2.75, 3.05) is 13.1 Å². The number of benzene rings is 2. The van der Waals surface area contributed by atoms with Crippen LogP contribution in [-0.2, 0) is 11.3 Å². The highest BCUT2D eigenvalue weighted by atomic mass is 35.5. The van der Waals surface area contributed by atoms with Gasteiger partial charge in [-0.3, -0.25) is 9.59 Å². The average Bonchev–Trinajstić information content (AvgIpc) is 3.58. The molecule has 1 spiro atoms. The lowest BCUT2D eigenvalue weighted by Gasteiger charge is -2.37. The molecule has 1 aliphatic carbocycles. The van der Waals surface area contributed by atoms with Crippen LogP contribution in [0, 0.1) is 5.41 Å². The first kappa shape index (κ1) is 27.0. The molecule has 2 amide bonds. The van der Waals surface area contributed by atoms with E-state index in [1.165, 1.54) is 19.3 Å². The molecule has 0 unspecified atom stereocenters. The number of nitrogens with zero attached hydrogens (tertiary/aromatic N) is 3. The number of amides is 2. The summed E-state index contributed by atoms with van der Waals surface area (Å²) >= 11 is 6.24. The lowest BCUT2D eigenvalue weighted by atomic mass is 9.75. The van der Waals surface area contributed by atoms with Gasteiger partial charge in [0.2, 0.25) is 11.7 Å². The zero-order valence-corrected chi connectivity index (χ0v) is 23.4. The summed E-state index contributed by atoms with van der Waals surface area (Å²) in [5, 5.41) is 16.3. The summed E-state index contributed by atoms with van der Waals surface area (Å²) in [6, 6.07) is 18.5. The second-order valence-electron chi connectivity index (χ2n) is 11.7. The number of likely N-dealkylation sites (tertiary alicyclic amines) is 2. The fourth-order valence-electron chi connectivity index (χ4n) is 6.92. The van der Waals surface area contributed by atoms with Gasteiger partial charge in [0.1, 0.15) is 0 Å². The summed E-state index contributed by atoms with van der Waals surface area (Å²) in [6.45, 7) is 1.30. The molecule has 2 atom stereocenters. The Morgan fingerprint density at radius 2 is 1.80 bits per heavy atom. The Bertz CT molecular complexity index is 1340. The normalized spacial score (nSPS) is 22.1. The van der Waals surface area contributed by atoms with Crippen LogP contribution in [0.2, 0.25) is 5.02 Å². The molecule has 7 nitrogen and oxygen atoms in total. The van der Waals surface area contributed by atoms with Crippen molar-refractivity contribution in [1.29, 1.82) is 0 Å². The van der Waals surface area contributed by atoms with Crippen molar-refractivity contribution in [2.45, 2.75) is 76.0 Å². The van der Waals surface area contributed by atoms with Crippen molar-refractivity contribution in [3.05, 3.63) is 88.3 Å². The van der Waals surface area contributed by atoms with Gasteiger partial charge in [-0.25, -0.2) is 0 Å². The molecule has 210 valence electrons. The molecule has 0 bridgehead atoms. The number of aromatic nitrogens is 1. The third-order valence-electron chi connectivity index (χ3n) is 9.23. The van der Waals surface area contributed by atoms with E-state index in [2.05, 4.69) is 5.16 Å². The Kier molecular flexibility index (Phi) is 7.69. The third-order valence-corrected chi connectivity index (χ3v) is 9.47. The van der Waals surface area contributed by atoms with E-state index in [4.69, 9.17) is 16.1 Å². The van der Waals surface area contributed by atoms with E-state index < -0.39 is 11.5 Å². The number of carbonyl (C=O) groups excluding carboxylic acids is 2. The highest BCUT2D eigenvalue weighted by molar-refractivity contribution is 6.30. The molecule has 3 fully saturated rings. The predicted octanol–water partition coefficient (Wildman–Crippen LogP) is 6.13. The highest BCUT2D eigenvalue weighted by Gasteiger charge is 2.54. The van der Waals surface area contributed by atoms with E-state index in [1.807, 2.05) is 65.6 Å². The maximum Gasteiger partial charge on any atom is 0.292 e. The van der Waals surface area contributed by atoms with E-state index in [0.717, 1.165) is 29.7 Å². The van der Waals surface area contributed by atoms with Crippen LogP contribution < -0.4 is 0 Å². The van der Waals surface area contributed by atoms with Gasteiger partial charge in [-0.2, -0.15) is 0 Å². The van der Waals surface area contributed by atoms with Crippen molar-refractivity contribution in [1.82, 2.24) is 15.0 Å². The molecular formula is C32H36ClN3O4. The van der Waals surface area contributed by atoms with Crippen LogP contribution in [0.5, 0.6) is 0 Å². The van der Waals surface area contributed by atoms with E-state index in [0.29, 0.717) is 49.8 Å². The van der Waals surface area contributed by atoms with Crippen LogP contribution in [-0.4, -0.2) is 51.0 Å². The standard InChI is InChI=1S/C32H36ClN3O4/c33-25-13-7-8-22(18-25)21-36-27(29(37)24-11-5-2-6-12-24)20-32(31(36)39)14-16-35(17-15-32)30(38)28-19-26(34-40-28)23-9-3-1-4-10-23/h2,5-8,11-13,18-19,23,27,29,37H,1,3-4,9-10,14-17,20-21H2/t27-,29+/m0/s1. The SMILES string of the molecule is O=C(c1cc(C2CCCCC2)no1)N1CCC2(CC1)C[C@@H]([C@H](O)c1ccccc1)N(Cc1cccc(Cl)c1)C2=O. The molecule has 2 aliphatic heterocycles. The maximum atomic E-state index is 14.1. The molecule has 2 aromatic carbocycles. The van der Waals surface area contributed by atoms with Crippen LogP contribution in [0.15, 0.2) is 65.2 Å². The third kappa shape index (κ3) is 5.29. The minimum Gasteiger partial charge on any atom is -0.386 e. The number of hydrogen-bond acceptors (Lipinski definition) is 5. The number of piperidine rings is 1. The first-order valence-electron chi connectivity index (χ1n) is 14.5. The topological polar surface area (TPSA) is 86.9 Å². The van der Waals surface area contributed by atoms with Gasteiger partial charge in [-0.05, 0) is 55.4 Å². The smallest absolute Gasteiger partial charge is 0.292 e. The second-order valence-corrected chi connectivity index (χ2v) is 12.1. The van der Waals surface area contributed by atoms with Gasteiger partial charge in [0, 0.05) is 36.6 Å². The zero-order valence-electron chi connectivity index (χ0n) is 22.7. The van der Waals surface area contributed by atoms with Crippen LogP contribution >= 0.6 is 11.6 Å². The molecule has 0 radical (unpaired) electrons. The largest absolute Gasteiger partial charge is 0.386 e. The molecular weight excluding hydrogens is 526 g/mol. The summed E-state index contributed by atoms with van der Waals surface area (Å²) in [6.07, 6.45) is 6.65. The average molecular weight is 562 g/mol. The second kappa shape index (κ2) is 11.4. The molecule has 8 heteroatoms. The van der Waals surface area contributed by atoms with Gasteiger partial charge < -0.3 is 19.4 Å². The van der Waals surface area contributed by atoms with Gasteiger partial charge in [-0.1, -0.05) is 78.5 Å². The molecule has 40 heavy (non-hydrogen) atoms. The molecule has 6 rings (SSSR count). The van der Waals surface area contributed by atoms with E-state index in [-0.39, 0.29) is 23.6 Å². The summed E-state index contributed by atoms with van der Waals surface area (Å²) < 4.78 is 5.50. The lowest BCUT2D eigenvalue weighted by molar-refractivity contribution is -0.140. The van der Waals surface area contributed by atoms with Gasteiger partial charge in [0.05, 0.1) is 23.3 Å². The summed E-state index contributed by atoms with van der Waals surface area (Å²) in [7, 11) is 0. The molecule has 3 aromatic rings. The Morgan fingerprint density at radius 1 is 1.05 bits per heavy atom. The lowest BCUT2D eigenvalue weighted by Crippen LogP contribution is -2.46. The van der Waals surface area contributed by atoms with Crippen LogP contribution in [0.4, 0.5) is 0 Å². The summed E-state index contributed by atoms with van der Waals surface area (Å²) in [5.41, 5.74) is 1.98. The maximum absolute atomic E-state index is 14.1. The molecule has 1 saturated carbocycles. The predicted molar refractivity (Wildman–Crippen MR) is 152 cm³/mol. The van der Waals surface area contributed by atoms with E-state index in [9.17, 15) is 14.7 Å². The minimum absolute atomic E-state index is 0.0406.